The SMILES string of the molecule is O=C(NCc1cccc(COC2CCCCC2)c1)c1cc2ccccc2c(=O)[nH]1. The number of aromatic nitrogens is 1. The zero-order chi connectivity index (χ0) is 20.1. The van der Waals surface area contributed by atoms with Crippen LogP contribution in [0.5, 0.6) is 0 Å². The van der Waals surface area contributed by atoms with Crippen molar-refractivity contribution in [3.05, 3.63) is 81.8 Å². The lowest BCUT2D eigenvalue weighted by Crippen LogP contribution is -2.26. The van der Waals surface area contributed by atoms with Gasteiger partial charge in [-0.15, -0.1) is 0 Å². The highest BCUT2D eigenvalue weighted by Gasteiger charge is 2.14. The monoisotopic (exact) mass is 390 g/mol. The summed E-state index contributed by atoms with van der Waals surface area (Å²) in [5.74, 6) is -0.295. The van der Waals surface area contributed by atoms with Gasteiger partial charge in [0.15, 0.2) is 0 Å². The van der Waals surface area contributed by atoms with E-state index in [1.807, 2.05) is 30.3 Å². The van der Waals surface area contributed by atoms with Crippen LogP contribution in [-0.2, 0) is 17.9 Å². The molecular weight excluding hydrogens is 364 g/mol. The van der Waals surface area contributed by atoms with Gasteiger partial charge in [-0.3, -0.25) is 9.59 Å². The summed E-state index contributed by atoms with van der Waals surface area (Å²) < 4.78 is 6.05. The minimum absolute atomic E-state index is 0.255. The van der Waals surface area contributed by atoms with Crippen LogP contribution in [0.2, 0.25) is 0 Å². The number of benzene rings is 2. The van der Waals surface area contributed by atoms with Crippen molar-refractivity contribution < 1.29 is 9.53 Å². The van der Waals surface area contributed by atoms with Crippen molar-refractivity contribution in [3.8, 4) is 0 Å². The molecule has 0 unspecified atom stereocenters. The maximum Gasteiger partial charge on any atom is 0.268 e. The van der Waals surface area contributed by atoms with Crippen molar-refractivity contribution in [1.82, 2.24) is 10.3 Å². The van der Waals surface area contributed by atoms with Gasteiger partial charge >= 0.3 is 0 Å². The predicted octanol–water partition coefficient (Wildman–Crippen LogP) is 4.31. The largest absolute Gasteiger partial charge is 0.374 e. The molecule has 1 amide bonds. The molecule has 5 nitrogen and oxygen atoms in total. The molecule has 29 heavy (non-hydrogen) atoms. The molecule has 1 aliphatic carbocycles. The minimum atomic E-state index is -0.295. The molecule has 150 valence electrons. The van der Waals surface area contributed by atoms with Crippen LogP contribution in [0.3, 0.4) is 0 Å². The number of carbonyl (C=O) groups is 1. The molecule has 1 heterocycles. The van der Waals surface area contributed by atoms with Gasteiger partial charge in [-0.2, -0.15) is 0 Å². The summed E-state index contributed by atoms with van der Waals surface area (Å²) in [6.07, 6.45) is 6.51. The molecule has 2 N–H and O–H groups in total. The van der Waals surface area contributed by atoms with E-state index in [0.29, 0.717) is 24.6 Å². The van der Waals surface area contributed by atoms with Crippen LogP contribution in [0, 0.1) is 0 Å². The maximum atomic E-state index is 12.5. The first kappa shape index (κ1) is 19.4. The van der Waals surface area contributed by atoms with Gasteiger partial charge < -0.3 is 15.0 Å². The molecule has 1 aromatic heterocycles. The first-order valence-electron chi connectivity index (χ1n) is 10.3. The van der Waals surface area contributed by atoms with Crippen LogP contribution in [0.1, 0.15) is 53.7 Å². The number of pyridine rings is 1. The van der Waals surface area contributed by atoms with Crippen LogP contribution >= 0.6 is 0 Å². The number of hydrogen-bond acceptors (Lipinski definition) is 3. The first-order chi connectivity index (χ1) is 14.2. The minimum Gasteiger partial charge on any atom is -0.374 e. The van der Waals surface area contributed by atoms with Crippen molar-refractivity contribution in [3.63, 3.8) is 0 Å². The third-order valence-electron chi connectivity index (χ3n) is 5.48. The van der Waals surface area contributed by atoms with E-state index in [9.17, 15) is 9.59 Å². The highest BCUT2D eigenvalue weighted by molar-refractivity contribution is 5.96. The van der Waals surface area contributed by atoms with Gasteiger partial charge in [-0.25, -0.2) is 0 Å². The summed E-state index contributed by atoms with van der Waals surface area (Å²) in [7, 11) is 0. The number of fused-ring (bicyclic) bond motifs is 1. The molecule has 0 bridgehead atoms. The number of ether oxygens (including phenoxy) is 1. The molecule has 5 heteroatoms. The number of hydrogen-bond donors (Lipinski definition) is 2. The summed E-state index contributed by atoms with van der Waals surface area (Å²) in [5, 5.41) is 4.22. The Morgan fingerprint density at radius 3 is 2.66 bits per heavy atom. The first-order valence-corrected chi connectivity index (χ1v) is 10.3. The second-order valence-electron chi connectivity index (χ2n) is 7.67. The van der Waals surface area contributed by atoms with Crippen molar-refractivity contribution in [2.24, 2.45) is 0 Å². The van der Waals surface area contributed by atoms with Gasteiger partial charge in [0.25, 0.3) is 11.5 Å². The number of rotatable bonds is 6. The van der Waals surface area contributed by atoms with Crippen LogP contribution in [0.4, 0.5) is 0 Å². The van der Waals surface area contributed by atoms with E-state index in [-0.39, 0.29) is 17.2 Å². The molecule has 2 aromatic carbocycles. The zero-order valence-corrected chi connectivity index (χ0v) is 16.4. The van der Waals surface area contributed by atoms with Crippen LogP contribution in [0.15, 0.2) is 59.4 Å². The van der Waals surface area contributed by atoms with Gasteiger partial charge in [0.2, 0.25) is 0 Å². The number of amides is 1. The molecule has 0 atom stereocenters. The quantitative estimate of drug-likeness (QED) is 0.659. The van der Waals surface area contributed by atoms with E-state index in [1.165, 1.54) is 19.3 Å². The molecule has 0 saturated heterocycles. The lowest BCUT2D eigenvalue weighted by Gasteiger charge is -2.22. The Hall–Kier alpha value is -2.92. The van der Waals surface area contributed by atoms with E-state index in [0.717, 1.165) is 29.4 Å². The van der Waals surface area contributed by atoms with E-state index < -0.39 is 0 Å². The standard InChI is InChI=1S/C24H26N2O3/c27-23-21-12-5-4-9-19(21)14-22(26-23)24(28)25-15-17-7-6-8-18(13-17)16-29-20-10-2-1-3-11-20/h4-9,12-14,20H,1-3,10-11,15-16H2,(H,25,28)(H,26,27). The highest BCUT2D eigenvalue weighted by atomic mass is 16.5. The predicted molar refractivity (Wildman–Crippen MR) is 114 cm³/mol. The molecule has 4 rings (SSSR count). The Balaban J connectivity index is 1.37. The molecule has 0 spiro atoms. The fraction of sp³-hybridized carbons (Fsp3) is 0.333. The van der Waals surface area contributed by atoms with Crippen molar-refractivity contribution in [1.29, 1.82) is 0 Å². The Kier molecular flexibility index (Phi) is 6.06. The Morgan fingerprint density at radius 1 is 1.00 bits per heavy atom. The molecule has 1 aliphatic rings. The Bertz CT molecular complexity index is 1050. The number of aromatic amines is 1. The van der Waals surface area contributed by atoms with Gasteiger partial charge in [0.1, 0.15) is 5.69 Å². The summed E-state index contributed by atoms with van der Waals surface area (Å²) in [4.78, 5) is 27.4. The van der Waals surface area contributed by atoms with Gasteiger partial charge in [0, 0.05) is 11.9 Å². The van der Waals surface area contributed by atoms with Crippen LogP contribution in [-0.4, -0.2) is 17.0 Å². The second-order valence-corrected chi connectivity index (χ2v) is 7.67. The van der Waals surface area contributed by atoms with E-state index in [2.05, 4.69) is 22.4 Å². The average Bonchev–Trinajstić information content (AvgIpc) is 2.77. The molecule has 0 aliphatic heterocycles. The van der Waals surface area contributed by atoms with E-state index >= 15 is 0 Å². The van der Waals surface area contributed by atoms with Crippen molar-refractivity contribution >= 4 is 16.7 Å². The summed E-state index contributed by atoms with van der Waals surface area (Å²) in [6, 6.07) is 17.0. The van der Waals surface area contributed by atoms with Gasteiger partial charge in [-0.1, -0.05) is 61.7 Å². The topological polar surface area (TPSA) is 71.2 Å². The molecule has 1 saturated carbocycles. The second kappa shape index (κ2) is 9.05. The van der Waals surface area contributed by atoms with Crippen molar-refractivity contribution in [2.75, 3.05) is 0 Å². The highest BCUT2D eigenvalue weighted by Crippen LogP contribution is 2.21. The summed E-state index contributed by atoms with van der Waals surface area (Å²) in [5.41, 5.74) is 2.13. The molecule has 1 fully saturated rings. The van der Waals surface area contributed by atoms with E-state index in [1.54, 1.807) is 12.1 Å². The van der Waals surface area contributed by atoms with Gasteiger partial charge in [0.05, 0.1) is 12.7 Å². The number of H-pyrrole nitrogens is 1. The lowest BCUT2D eigenvalue weighted by atomic mass is 9.98. The fourth-order valence-electron chi connectivity index (χ4n) is 3.89. The molecular formula is C24H26N2O3. The zero-order valence-electron chi connectivity index (χ0n) is 16.4. The normalized spacial score (nSPS) is 14.8. The fourth-order valence-corrected chi connectivity index (χ4v) is 3.89. The number of nitrogens with one attached hydrogen (secondary N) is 2. The van der Waals surface area contributed by atoms with E-state index in [4.69, 9.17) is 4.74 Å². The smallest absolute Gasteiger partial charge is 0.268 e. The van der Waals surface area contributed by atoms with Crippen LogP contribution in [0.25, 0.3) is 10.8 Å². The van der Waals surface area contributed by atoms with Crippen molar-refractivity contribution in [2.45, 2.75) is 51.4 Å². The molecule has 3 aromatic rings. The summed E-state index contributed by atoms with van der Waals surface area (Å²) >= 11 is 0. The van der Waals surface area contributed by atoms with Gasteiger partial charge in [-0.05, 0) is 41.5 Å². The third-order valence-corrected chi connectivity index (χ3v) is 5.48. The Morgan fingerprint density at radius 2 is 1.79 bits per heavy atom. The number of carbonyl (C=O) groups excluding carboxylic acids is 1. The third kappa shape index (κ3) is 4.93. The average molecular weight is 390 g/mol. The Labute approximate surface area is 170 Å². The molecule has 0 radical (unpaired) electrons. The van der Waals surface area contributed by atoms with Crippen LogP contribution < -0.4 is 10.9 Å². The lowest BCUT2D eigenvalue weighted by molar-refractivity contribution is 0.0168. The summed E-state index contributed by atoms with van der Waals surface area (Å²) in [6.45, 7) is 0.995. The maximum absolute atomic E-state index is 12.5.